The number of pyridine rings is 1. The Morgan fingerprint density at radius 3 is 2.65 bits per heavy atom. The van der Waals surface area contributed by atoms with E-state index in [0.29, 0.717) is 16.9 Å². The second-order valence-electron chi connectivity index (χ2n) is 4.86. The van der Waals surface area contributed by atoms with E-state index in [4.69, 9.17) is 0 Å². The first-order valence-electron chi connectivity index (χ1n) is 6.31. The van der Waals surface area contributed by atoms with Crippen LogP contribution in [0.3, 0.4) is 0 Å². The van der Waals surface area contributed by atoms with Gasteiger partial charge in [0.05, 0.1) is 5.69 Å². The summed E-state index contributed by atoms with van der Waals surface area (Å²) in [5.41, 5.74) is 3.37. The van der Waals surface area contributed by atoms with Crippen LogP contribution in [0.2, 0.25) is 0 Å². The summed E-state index contributed by atoms with van der Waals surface area (Å²) in [4.78, 5) is 16.7. The van der Waals surface area contributed by atoms with Crippen LogP contribution in [0.25, 0.3) is 16.9 Å². The van der Waals surface area contributed by atoms with Crippen molar-refractivity contribution in [3.63, 3.8) is 0 Å². The van der Waals surface area contributed by atoms with Gasteiger partial charge in [-0.1, -0.05) is 12.1 Å². The zero-order valence-electron chi connectivity index (χ0n) is 11.2. The Morgan fingerprint density at radius 2 is 1.90 bits per heavy atom. The minimum absolute atomic E-state index is 0.160. The van der Waals surface area contributed by atoms with E-state index in [1.807, 2.05) is 26.0 Å². The number of benzene rings is 1. The van der Waals surface area contributed by atoms with Crippen molar-refractivity contribution in [2.24, 2.45) is 0 Å². The summed E-state index contributed by atoms with van der Waals surface area (Å²) < 4.78 is 14.8. The molecule has 2 aromatic heterocycles. The lowest BCUT2D eigenvalue weighted by atomic mass is 10.1. The number of nitrogens with zero attached hydrogens (tertiary/aromatic N) is 2. The third-order valence-electron chi connectivity index (χ3n) is 3.21. The number of fused-ring (bicyclic) bond motifs is 1. The van der Waals surface area contributed by atoms with Crippen molar-refractivity contribution in [3.05, 3.63) is 69.9 Å². The lowest BCUT2D eigenvalue weighted by Gasteiger charge is -2.08. The van der Waals surface area contributed by atoms with E-state index < -0.39 is 0 Å². The van der Waals surface area contributed by atoms with Gasteiger partial charge >= 0.3 is 0 Å². The van der Waals surface area contributed by atoms with E-state index in [-0.39, 0.29) is 11.4 Å². The van der Waals surface area contributed by atoms with E-state index in [1.54, 1.807) is 16.5 Å². The van der Waals surface area contributed by atoms with Crippen molar-refractivity contribution < 1.29 is 4.39 Å². The second kappa shape index (κ2) is 4.56. The normalized spacial score (nSPS) is 10.9. The van der Waals surface area contributed by atoms with E-state index >= 15 is 0 Å². The molecule has 3 nitrogen and oxygen atoms in total. The number of hydrogen-bond acceptors (Lipinski definition) is 2. The first-order chi connectivity index (χ1) is 9.54. The van der Waals surface area contributed by atoms with Crippen molar-refractivity contribution in [1.29, 1.82) is 0 Å². The monoisotopic (exact) mass is 268 g/mol. The number of rotatable bonds is 1. The molecule has 1 aromatic carbocycles. The van der Waals surface area contributed by atoms with E-state index in [0.717, 1.165) is 11.3 Å². The van der Waals surface area contributed by atoms with Crippen molar-refractivity contribution in [2.45, 2.75) is 13.8 Å². The molecule has 0 radical (unpaired) electrons. The lowest BCUT2D eigenvalue weighted by Crippen LogP contribution is -2.16. The minimum Gasteiger partial charge on any atom is -0.269 e. The van der Waals surface area contributed by atoms with Crippen LogP contribution >= 0.6 is 0 Å². The fourth-order valence-electron chi connectivity index (χ4n) is 2.39. The molecule has 0 saturated heterocycles. The van der Waals surface area contributed by atoms with Crippen molar-refractivity contribution in [2.75, 3.05) is 0 Å². The zero-order chi connectivity index (χ0) is 14.3. The van der Waals surface area contributed by atoms with Gasteiger partial charge in [-0.2, -0.15) is 0 Å². The molecule has 2 heterocycles. The molecule has 0 aliphatic rings. The van der Waals surface area contributed by atoms with Gasteiger partial charge in [-0.3, -0.25) is 9.20 Å². The highest BCUT2D eigenvalue weighted by Crippen LogP contribution is 2.18. The van der Waals surface area contributed by atoms with Gasteiger partial charge in [0.25, 0.3) is 5.56 Å². The molecule has 0 amide bonds. The maximum atomic E-state index is 13.3. The van der Waals surface area contributed by atoms with E-state index in [1.165, 1.54) is 18.2 Å². The summed E-state index contributed by atoms with van der Waals surface area (Å²) in [6.45, 7) is 3.82. The Kier molecular flexibility index (Phi) is 2.86. The highest BCUT2D eigenvalue weighted by molar-refractivity contribution is 5.61. The summed E-state index contributed by atoms with van der Waals surface area (Å²) in [5.74, 6) is -0.343. The van der Waals surface area contributed by atoms with E-state index in [2.05, 4.69) is 4.98 Å². The van der Waals surface area contributed by atoms with Crippen LogP contribution < -0.4 is 5.56 Å². The summed E-state index contributed by atoms with van der Waals surface area (Å²) in [5, 5.41) is 0. The van der Waals surface area contributed by atoms with Gasteiger partial charge in [0.1, 0.15) is 11.5 Å². The molecule has 0 spiro atoms. The van der Waals surface area contributed by atoms with Crippen LogP contribution in [0.15, 0.2) is 47.3 Å². The van der Waals surface area contributed by atoms with Gasteiger partial charge in [-0.25, -0.2) is 9.37 Å². The molecule has 0 N–H and O–H groups in total. The molecule has 0 atom stereocenters. The quantitative estimate of drug-likeness (QED) is 0.679. The molecule has 20 heavy (non-hydrogen) atoms. The molecule has 0 saturated carbocycles. The Labute approximate surface area is 115 Å². The molecule has 100 valence electrons. The van der Waals surface area contributed by atoms with Gasteiger partial charge in [0, 0.05) is 17.3 Å². The Balaban J connectivity index is 2.32. The maximum Gasteiger partial charge on any atom is 0.258 e. The average molecular weight is 268 g/mol. The van der Waals surface area contributed by atoms with Gasteiger partial charge in [0.15, 0.2) is 0 Å². The number of aromatic nitrogens is 2. The molecule has 0 unspecified atom stereocenters. The summed E-state index contributed by atoms with van der Waals surface area (Å²) in [6.07, 6.45) is 0. The number of aryl methyl sites for hydroxylation is 2. The maximum absolute atomic E-state index is 13.3. The molecule has 3 aromatic rings. The predicted molar refractivity (Wildman–Crippen MR) is 76.3 cm³/mol. The standard InChI is InChI=1S/C16H13FN2O/c1-10-6-11(2)19-15(7-10)18-14(9-16(19)20)12-4-3-5-13(17)8-12/h3-9H,1-2H3. The molecule has 0 aliphatic carbocycles. The van der Waals surface area contributed by atoms with Gasteiger partial charge < -0.3 is 0 Å². The topological polar surface area (TPSA) is 34.4 Å². The predicted octanol–water partition coefficient (Wildman–Crippen LogP) is 3.12. The van der Waals surface area contributed by atoms with Crippen LogP contribution in [0.4, 0.5) is 4.39 Å². The summed E-state index contributed by atoms with van der Waals surface area (Å²) in [6, 6.07) is 11.3. The average Bonchev–Trinajstić information content (AvgIpc) is 2.37. The minimum atomic E-state index is -0.343. The lowest BCUT2D eigenvalue weighted by molar-refractivity contribution is 0.628. The van der Waals surface area contributed by atoms with Crippen LogP contribution in [0.1, 0.15) is 11.3 Å². The third kappa shape index (κ3) is 2.09. The Morgan fingerprint density at radius 1 is 1.10 bits per heavy atom. The molecule has 4 heteroatoms. The van der Waals surface area contributed by atoms with Crippen LogP contribution in [0.5, 0.6) is 0 Å². The van der Waals surface area contributed by atoms with Gasteiger partial charge in [-0.05, 0) is 43.7 Å². The molecule has 0 aliphatic heterocycles. The first-order valence-corrected chi connectivity index (χ1v) is 6.31. The Hall–Kier alpha value is -2.49. The van der Waals surface area contributed by atoms with Crippen molar-refractivity contribution >= 4 is 5.65 Å². The SMILES string of the molecule is Cc1cc(C)n2c(=O)cc(-c3cccc(F)c3)nc2c1. The largest absolute Gasteiger partial charge is 0.269 e. The number of hydrogen-bond donors (Lipinski definition) is 0. The van der Waals surface area contributed by atoms with Crippen LogP contribution in [-0.2, 0) is 0 Å². The number of halogens is 1. The highest BCUT2D eigenvalue weighted by atomic mass is 19.1. The molecular weight excluding hydrogens is 255 g/mol. The zero-order valence-corrected chi connectivity index (χ0v) is 11.2. The first kappa shape index (κ1) is 12.5. The Bertz CT molecular complexity index is 868. The van der Waals surface area contributed by atoms with Crippen LogP contribution in [0, 0.1) is 19.7 Å². The van der Waals surface area contributed by atoms with Gasteiger partial charge in [-0.15, -0.1) is 0 Å². The molecule has 0 fully saturated rings. The highest BCUT2D eigenvalue weighted by Gasteiger charge is 2.07. The van der Waals surface area contributed by atoms with Gasteiger partial charge in [0.2, 0.25) is 0 Å². The fraction of sp³-hybridized carbons (Fsp3) is 0.125. The van der Waals surface area contributed by atoms with Crippen LogP contribution in [-0.4, -0.2) is 9.38 Å². The summed E-state index contributed by atoms with van der Waals surface area (Å²) in [7, 11) is 0. The van der Waals surface area contributed by atoms with Crippen molar-refractivity contribution in [3.8, 4) is 11.3 Å². The fourth-order valence-corrected chi connectivity index (χ4v) is 2.39. The smallest absolute Gasteiger partial charge is 0.258 e. The molecular formula is C16H13FN2O. The molecule has 3 rings (SSSR count). The molecule has 0 bridgehead atoms. The second-order valence-corrected chi connectivity index (χ2v) is 4.86. The third-order valence-corrected chi connectivity index (χ3v) is 3.21. The van der Waals surface area contributed by atoms with Crippen molar-refractivity contribution in [1.82, 2.24) is 9.38 Å². The van der Waals surface area contributed by atoms with E-state index in [9.17, 15) is 9.18 Å². The summed E-state index contributed by atoms with van der Waals surface area (Å²) >= 11 is 0.